The van der Waals surface area contributed by atoms with Crippen LogP contribution < -0.4 is 16.4 Å². The van der Waals surface area contributed by atoms with Crippen LogP contribution in [-0.4, -0.2) is 11.9 Å². The van der Waals surface area contributed by atoms with Crippen LogP contribution in [0.3, 0.4) is 0 Å². The summed E-state index contributed by atoms with van der Waals surface area (Å²) >= 11 is 6.05. The summed E-state index contributed by atoms with van der Waals surface area (Å²) in [5, 5.41) is 6.66. The van der Waals surface area contributed by atoms with Crippen LogP contribution >= 0.6 is 11.6 Å². The van der Waals surface area contributed by atoms with E-state index in [0.717, 1.165) is 11.1 Å². The van der Waals surface area contributed by atoms with Crippen molar-refractivity contribution < 1.29 is 4.79 Å². The molecule has 0 aromatic heterocycles. The van der Waals surface area contributed by atoms with Gasteiger partial charge in [-0.2, -0.15) is 0 Å². The summed E-state index contributed by atoms with van der Waals surface area (Å²) in [4.78, 5) is 17.9. The predicted molar refractivity (Wildman–Crippen MR) is 117 cm³/mol. The Labute approximate surface area is 173 Å². The molecule has 0 saturated carbocycles. The number of benzene rings is 3. The monoisotopic (exact) mass is 402 g/mol. The van der Waals surface area contributed by atoms with Gasteiger partial charge in [0.15, 0.2) is 5.96 Å². The Bertz CT molecular complexity index is 1080. The van der Waals surface area contributed by atoms with Crippen molar-refractivity contribution in [2.75, 3.05) is 5.32 Å². The molecule has 0 radical (unpaired) electrons. The summed E-state index contributed by atoms with van der Waals surface area (Å²) in [6, 6.07) is 25.6. The van der Waals surface area contributed by atoms with Gasteiger partial charge in [0.25, 0.3) is 5.91 Å². The van der Waals surface area contributed by atoms with Gasteiger partial charge in [-0.1, -0.05) is 72.3 Å². The lowest BCUT2D eigenvalue weighted by molar-refractivity contribution is -0.113. The first-order chi connectivity index (χ1) is 14.1. The van der Waals surface area contributed by atoms with Crippen molar-refractivity contribution in [1.29, 1.82) is 0 Å². The molecule has 0 bridgehead atoms. The van der Waals surface area contributed by atoms with E-state index in [2.05, 4.69) is 15.6 Å². The van der Waals surface area contributed by atoms with Crippen molar-refractivity contribution in [3.8, 4) is 0 Å². The third-order valence-corrected chi connectivity index (χ3v) is 4.84. The van der Waals surface area contributed by atoms with Crippen LogP contribution in [0.25, 0.3) is 5.70 Å². The Morgan fingerprint density at radius 1 is 0.931 bits per heavy atom. The van der Waals surface area contributed by atoms with E-state index in [1.807, 2.05) is 72.8 Å². The van der Waals surface area contributed by atoms with Crippen LogP contribution in [0.4, 0.5) is 5.69 Å². The van der Waals surface area contributed by atoms with Crippen LogP contribution in [0.1, 0.15) is 17.2 Å². The number of aliphatic imine (C=N–C) groups is 1. The standard InChI is InChI=1S/C23H19ClN4O/c24-17-13-11-16(12-14-17)21-19(22(29)26-18-9-5-2-6-10-18)20(27-23(25)28-21)15-7-3-1-4-8-15/h1-14,21H,(H,26,29)(H3,25,27,28)/t21-/m0/s1. The molecule has 1 heterocycles. The average Bonchev–Trinajstić information content (AvgIpc) is 2.75. The maximum absolute atomic E-state index is 13.4. The summed E-state index contributed by atoms with van der Waals surface area (Å²) in [7, 11) is 0. The number of nitrogens with two attached hydrogens (primary N) is 1. The van der Waals surface area contributed by atoms with E-state index in [-0.39, 0.29) is 11.9 Å². The zero-order valence-corrected chi connectivity index (χ0v) is 16.2. The smallest absolute Gasteiger partial charge is 0.256 e. The minimum absolute atomic E-state index is 0.250. The van der Waals surface area contributed by atoms with E-state index in [4.69, 9.17) is 17.3 Å². The number of nitrogens with one attached hydrogen (secondary N) is 2. The molecule has 29 heavy (non-hydrogen) atoms. The van der Waals surface area contributed by atoms with E-state index in [9.17, 15) is 4.79 Å². The highest BCUT2D eigenvalue weighted by atomic mass is 35.5. The lowest BCUT2D eigenvalue weighted by atomic mass is 9.92. The van der Waals surface area contributed by atoms with E-state index in [1.54, 1.807) is 12.1 Å². The van der Waals surface area contributed by atoms with Gasteiger partial charge in [0, 0.05) is 10.7 Å². The highest BCUT2D eigenvalue weighted by Crippen LogP contribution is 2.35. The molecule has 0 spiro atoms. The van der Waals surface area contributed by atoms with Gasteiger partial charge in [-0.05, 0) is 35.4 Å². The minimum Gasteiger partial charge on any atom is -0.370 e. The van der Waals surface area contributed by atoms with Gasteiger partial charge < -0.3 is 16.4 Å². The van der Waals surface area contributed by atoms with Crippen molar-refractivity contribution in [3.63, 3.8) is 0 Å². The molecule has 0 unspecified atom stereocenters. The second kappa shape index (κ2) is 8.20. The van der Waals surface area contributed by atoms with Crippen molar-refractivity contribution >= 4 is 34.9 Å². The van der Waals surface area contributed by atoms with Crippen LogP contribution in [0.5, 0.6) is 0 Å². The largest absolute Gasteiger partial charge is 0.370 e. The topological polar surface area (TPSA) is 79.5 Å². The number of para-hydroxylation sites is 1. The number of amides is 1. The summed E-state index contributed by atoms with van der Waals surface area (Å²) in [5.74, 6) is -0.00110. The number of hydrogen-bond acceptors (Lipinski definition) is 4. The highest BCUT2D eigenvalue weighted by molar-refractivity contribution is 6.30. The van der Waals surface area contributed by atoms with Crippen molar-refractivity contribution in [2.24, 2.45) is 10.7 Å². The normalized spacial score (nSPS) is 16.0. The molecule has 3 aromatic carbocycles. The van der Waals surface area contributed by atoms with Crippen molar-refractivity contribution in [3.05, 3.63) is 107 Å². The Morgan fingerprint density at radius 3 is 2.21 bits per heavy atom. The fourth-order valence-corrected chi connectivity index (χ4v) is 3.37. The quantitative estimate of drug-likeness (QED) is 0.607. The Kier molecular flexibility index (Phi) is 5.31. The minimum atomic E-state index is -0.563. The zero-order valence-electron chi connectivity index (χ0n) is 15.5. The zero-order chi connectivity index (χ0) is 20.2. The Morgan fingerprint density at radius 2 is 1.55 bits per heavy atom. The van der Waals surface area contributed by atoms with Gasteiger partial charge in [-0.3, -0.25) is 4.79 Å². The number of rotatable bonds is 4. The summed E-state index contributed by atoms with van der Waals surface area (Å²) in [6.07, 6.45) is 0. The SMILES string of the molecule is NC1=N[C@@H](c2ccc(Cl)cc2)C(C(=O)Nc2ccccc2)=C(c2ccccc2)N1. The molecule has 3 aromatic rings. The fraction of sp³-hybridized carbons (Fsp3) is 0.0435. The highest BCUT2D eigenvalue weighted by Gasteiger charge is 2.31. The van der Waals surface area contributed by atoms with Crippen LogP contribution in [0.2, 0.25) is 5.02 Å². The van der Waals surface area contributed by atoms with Gasteiger partial charge >= 0.3 is 0 Å². The molecular weight excluding hydrogens is 384 g/mol. The maximum Gasteiger partial charge on any atom is 0.256 e. The summed E-state index contributed by atoms with van der Waals surface area (Å²) in [6.45, 7) is 0. The Hall–Kier alpha value is -3.57. The molecule has 4 rings (SSSR count). The lowest BCUT2D eigenvalue weighted by Gasteiger charge is -2.27. The number of hydrogen-bond donors (Lipinski definition) is 3. The van der Waals surface area contributed by atoms with E-state index >= 15 is 0 Å². The molecular formula is C23H19ClN4O. The average molecular weight is 403 g/mol. The molecule has 5 nitrogen and oxygen atoms in total. The van der Waals surface area contributed by atoms with Gasteiger partial charge in [0.05, 0.1) is 11.3 Å². The second-order valence-corrected chi connectivity index (χ2v) is 7.00. The van der Waals surface area contributed by atoms with E-state index < -0.39 is 6.04 Å². The molecule has 144 valence electrons. The number of carbonyl (C=O) groups excluding carboxylic acids is 1. The molecule has 1 amide bonds. The Balaban J connectivity index is 1.83. The number of guanidine groups is 1. The molecule has 0 aliphatic carbocycles. The van der Waals surface area contributed by atoms with Gasteiger partial charge in [0.2, 0.25) is 0 Å². The van der Waals surface area contributed by atoms with Crippen LogP contribution in [0, 0.1) is 0 Å². The van der Waals surface area contributed by atoms with E-state index in [0.29, 0.717) is 22.0 Å². The molecule has 4 N–H and O–H groups in total. The predicted octanol–water partition coefficient (Wildman–Crippen LogP) is 4.35. The summed E-state index contributed by atoms with van der Waals surface area (Å²) < 4.78 is 0. The first-order valence-corrected chi connectivity index (χ1v) is 9.51. The van der Waals surface area contributed by atoms with Gasteiger partial charge in [-0.15, -0.1) is 0 Å². The maximum atomic E-state index is 13.4. The first-order valence-electron chi connectivity index (χ1n) is 9.13. The lowest BCUT2D eigenvalue weighted by Crippen LogP contribution is -2.38. The number of anilines is 1. The molecule has 0 saturated heterocycles. The number of carbonyl (C=O) groups is 1. The third-order valence-electron chi connectivity index (χ3n) is 4.59. The van der Waals surface area contributed by atoms with Gasteiger partial charge in [-0.25, -0.2) is 4.99 Å². The molecule has 0 fully saturated rings. The summed E-state index contributed by atoms with van der Waals surface area (Å²) in [5.41, 5.74) is 9.57. The van der Waals surface area contributed by atoms with Crippen LogP contribution in [0.15, 0.2) is 95.5 Å². The number of nitrogens with zero attached hydrogens (tertiary/aromatic N) is 1. The van der Waals surface area contributed by atoms with Crippen molar-refractivity contribution in [2.45, 2.75) is 6.04 Å². The van der Waals surface area contributed by atoms with Gasteiger partial charge in [0.1, 0.15) is 6.04 Å². The number of halogens is 1. The molecule has 6 heteroatoms. The van der Waals surface area contributed by atoms with Crippen LogP contribution in [-0.2, 0) is 4.79 Å². The molecule has 1 atom stereocenters. The fourth-order valence-electron chi connectivity index (χ4n) is 3.24. The van der Waals surface area contributed by atoms with Crippen molar-refractivity contribution in [1.82, 2.24) is 5.32 Å². The first kappa shape index (κ1) is 18.8. The second-order valence-electron chi connectivity index (χ2n) is 6.57. The molecule has 1 aliphatic rings. The third kappa shape index (κ3) is 4.15. The van der Waals surface area contributed by atoms with E-state index in [1.165, 1.54) is 0 Å². The molecule has 1 aliphatic heterocycles.